The van der Waals surface area contributed by atoms with E-state index in [9.17, 15) is 0 Å². The van der Waals surface area contributed by atoms with Crippen LogP contribution < -0.4 is 4.74 Å². The van der Waals surface area contributed by atoms with Crippen LogP contribution in [0.25, 0.3) is 0 Å². The van der Waals surface area contributed by atoms with E-state index in [1.807, 2.05) is 18.2 Å². The molecule has 0 saturated heterocycles. The van der Waals surface area contributed by atoms with E-state index >= 15 is 0 Å². The molecule has 0 aliphatic carbocycles. The van der Waals surface area contributed by atoms with E-state index in [-0.39, 0.29) is 4.83 Å². The molecule has 1 unspecified atom stereocenters. The number of thiophene rings is 1. The van der Waals surface area contributed by atoms with Crippen LogP contribution in [0.3, 0.4) is 0 Å². The third kappa shape index (κ3) is 2.93. The maximum atomic E-state index is 6.07. The summed E-state index contributed by atoms with van der Waals surface area (Å²) in [4.78, 5) is 1.35. The summed E-state index contributed by atoms with van der Waals surface area (Å²) < 4.78 is 6.52. The SMILES string of the molecule is COc1ccc(Cl)cc1C(Br)c1cc(Br)sc1C. The maximum Gasteiger partial charge on any atom is 0.123 e. The topological polar surface area (TPSA) is 9.23 Å². The van der Waals surface area contributed by atoms with Gasteiger partial charge < -0.3 is 4.74 Å². The normalized spacial score (nSPS) is 12.5. The molecule has 0 spiro atoms. The molecule has 1 nitrogen and oxygen atoms in total. The highest BCUT2D eigenvalue weighted by molar-refractivity contribution is 9.11. The minimum absolute atomic E-state index is 0.0775. The largest absolute Gasteiger partial charge is 0.496 e. The molecule has 1 aromatic carbocycles. The zero-order valence-electron chi connectivity index (χ0n) is 9.84. The van der Waals surface area contributed by atoms with E-state index in [0.29, 0.717) is 5.02 Å². The number of ether oxygens (including phenoxy) is 1. The van der Waals surface area contributed by atoms with Crippen molar-refractivity contribution in [2.24, 2.45) is 0 Å². The van der Waals surface area contributed by atoms with Crippen LogP contribution >= 0.6 is 54.8 Å². The smallest absolute Gasteiger partial charge is 0.123 e. The Kier molecular flexibility index (Phi) is 4.75. The molecule has 0 N–H and O–H groups in total. The Labute approximate surface area is 132 Å². The first kappa shape index (κ1) is 14.4. The van der Waals surface area contributed by atoms with Crippen molar-refractivity contribution in [2.75, 3.05) is 7.11 Å². The summed E-state index contributed by atoms with van der Waals surface area (Å²) in [5.74, 6) is 0.836. The molecule has 5 heteroatoms. The van der Waals surface area contributed by atoms with Gasteiger partial charge in [0.15, 0.2) is 0 Å². The van der Waals surface area contributed by atoms with Gasteiger partial charge in [0.2, 0.25) is 0 Å². The summed E-state index contributed by atoms with van der Waals surface area (Å²) in [6, 6.07) is 7.78. The number of halogens is 3. The molecule has 0 fully saturated rings. The second-order valence-corrected chi connectivity index (χ2v) is 7.80. The van der Waals surface area contributed by atoms with Crippen LogP contribution in [0.5, 0.6) is 5.75 Å². The van der Waals surface area contributed by atoms with Gasteiger partial charge in [0, 0.05) is 15.5 Å². The summed E-state index contributed by atoms with van der Waals surface area (Å²) in [7, 11) is 1.67. The van der Waals surface area contributed by atoms with Crippen molar-refractivity contribution in [3.05, 3.63) is 49.1 Å². The van der Waals surface area contributed by atoms with Crippen molar-refractivity contribution in [3.8, 4) is 5.75 Å². The highest BCUT2D eigenvalue weighted by atomic mass is 79.9. The van der Waals surface area contributed by atoms with Gasteiger partial charge in [0.1, 0.15) is 5.75 Å². The van der Waals surface area contributed by atoms with Crippen LogP contribution in [0.2, 0.25) is 5.02 Å². The van der Waals surface area contributed by atoms with Crippen molar-refractivity contribution < 1.29 is 4.74 Å². The van der Waals surface area contributed by atoms with Crippen LogP contribution in [0.4, 0.5) is 0 Å². The standard InChI is InChI=1S/C13H11Br2ClOS/c1-7-9(6-12(14)18-7)13(15)10-5-8(16)3-4-11(10)17-2/h3-6,13H,1-2H3. The fourth-order valence-corrected chi connectivity index (χ4v) is 4.69. The van der Waals surface area contributed by atoms with E-state index in [2.05, 4.69) is 44.8 Å². The number of aryl methyl sites for hydroxylation is 1. The lowest BCUT2D eigenvalue weighted by Crippen LogP contribution is -1.97. The molecule has 2 aromatic rings. The molecule has 1 atom stereocenters. The van der Waals surface area contributed by atoms with Crippen molar-refractivity contribution in [3.63, 3.8) is 0 Å². The first-order valence-corrected chi connectivity index (χ1v) is 8.16. The first-order valence-electron chi connectivity index (χ1n) is 5.26. The van der Waals surface area contributed by atoms with E-state index < -0.39 is 0 Å². The van der Waals surface area contributed by atoms with Gasteiger partial charge in [-0.2, -0.15) is 0 Å². The summed E-state index contributed by atoms with van der Waals surface area (Å²) in [5, 5.41) is 0.710. The molecule has 0 radical (unpaired) electrons. The van der Waals surface area contributed by atoms with Crippen LogP contribution in [-0.4, -0.2) is 7.11 Å². The van der Waals surface area contributed by atoms with Crippen LogP contribution in [0.15, 0.2) is 28.1 Å². The molecule has 1 heterocycles. The number of methoxy groups -OCH3 is 1. The number of rotatable bonds is 3. The Hall–Kier alpha value is -0.0300. The lowest BCUT2D eigenvalue weighted by atomic mass is 10.0. The fraction of sp³-hybridized carbons (Fsp3) is 0.231. The van der Waals surface area contributed by atoms with Gasteiger partial charge in [-0.05, 0) is 52.7 Å². The zero-order valence-corrected chi connectivity index (χ0v) is 14.6. The molecule has 0 aliphatic rings. The van der Waals surface area contributed by atoms with Crippen molar-refractivity contribution in [2.45, 2.75) is 11.8 Å². The van der Waals surface area contributed by atoms with Crippen LogP contribution in [0, 0.1) is 6.92 Å². The van der Waals surface area contributed by atoms with E-state index in [1.165, 1.54) is 10.4 Å². The summed E-state index contributed by atoms with van der Waals surface area (Å²) in [6.45, 7) is 2.11. The summed E-state index contributed by atoms with van der Waals surface area (Å²) in [5.41, 5.74) is 2.27. The second-order valence-electron chi connectivity index (χ2n) is 3.81. The lowest BCUT2D eigenvalue weighted by Gasteiger charge is -2.14. The van der Waals surface area contributed by atoms with Gasteiger partial charge in [0.25, 0.3) is 0 Å². The Morgan fingerprint density at radius 3 is 2.56 bits per heavy atom. The van der Waals surface area contributed by atoms with E-state index in [0.717, 1.165) is 15.1 Å². The van der Waals surface area contributed by atoms with Gasteiger partial charge in [-0.1, -0.05) is 27.5 Å². The third-order valence-electron chi connectivity index (χ3n) is 2.66. The van der Waals surface area contributed by atoms with Crippen molar-refractivity contribution in [1.82, 2.24) is 0 Å². The minimum Gasteiger partial charge on any atom is -0.496 e. The quantitative estimate of drug-likeness (QED) is 0.567. The molecule has 0 saturated carbocycles. The van der Waals surface area contributed by atoms with Gasteiger partial charge in [-0.15, -0.1) is 11.3 Å². The third-order valence-corrected chi connectivity index (χ3v) is 5.45. The summed E-state index contributed by atoms with van der Waals surface area (Å²) >= 11 is 15.0. The highest BCUT2D eigenvalue weighted by Crippen LogP contribution is 2.42. The van der Waals surface area contributed by atoms with E-state index in [1.54, 1.807) is 18.4 Å². The molecule has 0 bridgehead atoms. The average Bonchev–Trinajstić information content (AvgIpc) is 2.67. The monoisotopic (exact) mass is 408 g/mol. The van der Waals surface area contributed by atoms with Gasteiger partial charge in [-0.3, -0.25) is 0 Å². The number of hydrogen-bond acceptors (Lipinski definition) is 2. The van der Waals surface area contributed by atoms with Crippen LogP contribution in [0.1, 0.15) is 20.8 Å². The average molecular weight is 411 g/mol. The summed E-state index contributed by atoms with van der Waals surface area (Å²) in [6.07, 6.45) is 0. The fourth-order valence-electron chi connectivity index (χ4n) is 1.78. The van der Waals surface area contributed by atoms with Gasteiger partial charge in [-0.25, -0.2) is 0 Å². The van der Waals surface area contributed by atoms with Crippen molar-refractivity contribution >= 4 is 54.8 Å². The predicted molar refractivity (Wildman–Crippen MR) is 85.5 cm³/mol. The molecule has 96 valence electrons. The van der Waals surface area contributed by atoms with Gasteiger partial charge >= 0.3 is 0 Å². The lowest BCUT2D eigenvalue weighted by molar-refractivity contribution is 0.410. The zero-order chi connectivity index (χ0) is 13.3. The first-order chi connectivity index (χ1) is 8.52. The Bertz CT molecular complexity index is 568. The maximum absolute atomic E-state index is 6.07. The molecule has 2 rings (SSSR count). The molecule has 18 heavy (non-hydrogen) atoms. The van der Waals surface area contributed by atoms with Crippen molar-refractivity contribution in [1.29, 1.82) is 0 Å². The highest BCUT2D eigenvalue weighted by Gasteiger charge is 2.19. The van der Waals surface area contributed by atoms with E-state index in [4.69, 9.17) is 16.3 Å². The molecule has 0 amide bonds. The number of hydrogen-bond donors (Lipinski definition) is 0. The predicted octanol–water partition coefficient (Wildman–Crippen LogP) is 5.97. The molecule has 1 aromatic heterocycles. The van der Waals surface area contributed by atoms with Gasteiger partial charge in [0.05, 0.1) is 15.7 Å². The Balaban J connectivity index is 2.48. The molecular formula is C13H11Br2ClOS. The minimum atomic E-state index is 0.0775. The number of benzene rings is 1. The van der Waals surface area contributed by atoms with Crippen LogP contribution in [-0.2, 0) is 0 Å². The Morgan fingerprint density at radius 2 is 2.00 bits per heavy atom. The molecular weight excluding hydrogens is 399 g/mol. The Morgan fingerprint density at radius 1 is 1.28 bits per heavy atom. The molecule has 0 aliphatic heterocycles. The number of alkyl halides is 1. The second kappa shape index (κ2) is 5.95.